The van der Waals surface area contributed by atoms with Gasteiger partial charge in [0, 0.05) is 23.7 Å². The number of nitro benzene ring substituents is 1. The second-order valence-corrected chi connectivity index (χ2v) is 7.43. The molecule has 1 aromatic rings. The van der Waals surface area contributed by atoms with Crippen LogP contribution in [0.15, 0.2) is 29.3 Å². The van der Waals surface area contributed by atoms with Crippen LogP contribution in [0.1, 0.15) is 37.7 Å². The van der Waals surface area contributed by atoms with Crippen molar-refractivity contribution < 1.29 is 9.76 Å². The van der Waals surface area contributed by atoms with Gasteiger partial charge in [-0.1, -0.05) is 6.07 Å². The Morgan fingerprint density at radius 2 is 1.96 bits per heavy atom. The Morgan fingerprint density at radius 1 is 1.17 bits per heavy atom. The highest BCUT2D eigenvalue weighted by molar-refractivity contribution is 5.95. The van der Waals surface area contributed by atoms with Crippen molar-refractivity contribution in [3.63, 3.8) is 0 Å². The lowest BCUT2D eigenvalue weighted by Gasteiger charge is -2.38. The van der Waals surface area contributed by atoms with E-state index in [1.54, 1.807) is 12.1 Å². The van der Waals surface area contributed by atoms with E-state index in [1.807, 2.05) is 6.07 Å². The maximum atomic E-state index is 11.0. The van der Waals surface area contributed by atoms with Crippen LogP contribution in [-0.4, -0.2) is 28.1 Å². The van der Waals surface area contributed by atoms with Crippen LogP contribution in [0, 0.1) is 27.9 Å². The van der Waals surface area contributed by atoms with Gasteiger partial charge in [-0.3, -0.25) is 10.1 Å². The maximum absolute atomic E-state index is 11.0. The molecule has 2 saturated heterocycles. The van der Waals surface area contributed by atoms with Gasteiger partial charge in [0.05, 0.1) is 4.92 Å². The molecule has 4 fully saturated rings. The summed E-state index contributed by atoms with van der Waals surface area (Å²) in [6.45, 7) is 0. The number of hydrogen-bond donors (Lipinski definition) is 0. The first-order valence-corrected chi connectivity index (χ1v) is 8.46. The first-order valence-electron chi connectivity index (χ1n) is 8.46. The molecule has 3 unspecified atom stereocenters. The summed E-state index contributed by atoms with van der Waals surface area (Å²) in [5.41, 5.74) is 0.785. The molecule has 4 bridgehead atoms. The monoisotopic (exact) mass is 313 g/mol. The van der Waals surface area contributed by atoms with Gasteiger partial charge < -0.3 is 4.84 Å². The Kier molecular flexibility index (Phi) is 2.80. The van der Waals surface area contributed by atoms with Crippen molar-refractivity contribution in [2.75, 3.05) is 0 Å². The average Bonchev–Trinajstić information content (AvgIpc) is 2.93. The van der Waals surface area contributed by atoms with Crippen LogP contribution in [0.2, 0.25) is 0 Å². The molecule has 2 saturated carbocycles. The van der Waals surface area contributed by atoms with E-state index in [9.17, 15) is 10.1 Å². The predicted octanol–water partition coefficient (Wildman–Crippen LogP) is 3.12. The fourth-order valence-electron chi connectivity index (χ4n) is 5.16. The van der Waals surface area contributed by atoms with Crippen LogP contribution in [0.4, 0.5) is 5.69 Å². The lowest BCUT2D eigenvalue weighted by Crippen LogP contribution is -2.40. The summed E-state index contributed by atoms with van der Waals surface area (Å²) >= 11 is 0. The van der Waals surface area contributed by atoms with Crippen molar-refractivity contribution in [1.82, 2.24) is 5.06 Å². The van der Waals surface area contributed by atoms with Crippen LogP contribution in [-0.2, 0) is 4.84 Å². The van der Waals surface area contributed by atoms with Crippen LogP contribution < -0.4 is 0 Å². The largest absolute Gasteiger partial charge is 0.383 e. The molecule has 1 aromatic carbocycles. The second kappa shape index (κ2) is 4.77. The molecule has 3 heterocycles. The van der Waals surface area contributed by atoms with Gasteiger partial charge in [0.15, 0.2) is 0 Å². The van der Waals surface area contributed by atoms with Gasteiger partial charge in [0.25, 0.3) is 5.69 Å². The van der Waals surface area contributed by atoms with Gasteiger partial charge in [-0.05, 0) is 55.9 Å². The number of nitrogens with zero attached hydrogens (tertiary/aromatic N) is 3. The molecule has 6 nitrogen and oxygen atoms in total. The van der Waals surface area contributed by atoms with Crippen molar-refractivity contribution in [3.8, 4) is 0 Å². The van der Waals surface area contributed by atoms with Crippen molar-refractivity contribution >= 4 is 11.6 Å². The van der Waals surface area contributed by atoms with Crippen molar-refractivity contribution in [3.05, 3.63) is 39.9 Å². The third kappa shape index (κ3) is 2.08. The van der Waals surface area contributed by atoms with Crippen molar-refractivity contribution in [2.24, 2.45) is 22.7 Å². The zero-order valence-electron chi connectivity index (χ0n) is 12.8. The average molecular weight is 313 g/mol. The molecule has 0 N–H and O–H groups in total. The zero-order chi connectivity index (χ0) is 15.6. The smallest absolute Gasteiger partial charge is 0.270 e. The summed E-state index contributed by atoms with van der Waals surface area (Å²) in [4.78, 5) is 21.5. The molecule has 5 atom stereocenters. The molecule has 0 amide bonds. The van der Waals surface area contributed by atoms with E-state index >= 15 is 0 Å². The molecule has 6 rings (SSSR count). The summed E-state index contributed by atoms with van der Waals surface area (Å²) in [5.74, 6) is 2.79. The van der Waals surface area contributed by atoms with E-state index in [4.69, 9.17) is 9.83 Å². The summed E-state index contributed by atoms with van der Waals surface area (Å²) in [5, 5.41) is 13.1. The van der Waals surface area contributed by atoms with Gasteiger partial charge >= 0.3 is 0 Å². The van der Waals surface area contributed by atoms with E-state index in [0.29, 0.717) is 23.4 Å². The van der Waals surface area contributed by atoms with Crippen LogP contribution in [0.25, 0.3) is 0 Å². The number of rotatable bonds is 2. The third-order valence-corrected chi connectivity index (χ3v) is 5.94. The Balaban J connectivity index is 1.49. The summed E-state index contributed by atoms with van der Waals surface area (Å²) in [6, 6.07) is 7.04. The number of hydrogen-bond acceptors (Lipinski definition) is 5. The molecule has 0 spiro atoms. The Labute approximate surface area is 134 Å². The van der Waals surface area contributed by atoms with E-state index in [1.165, 1.54) is 38.2 Å². The lowest BCUT2D eigenvalue weighted by atomic mass is 9.68. The highest BCUT2D eigenvalue weighted by Crippen LogP contribution is 2.51. The van der Waals surface area contributed by atoms with Gasteiger partial charge in [-0.25, -0.2) is 4.99 Å². The number of non-ortho nitro benzene ring substituents is 1. The minimum absolute atomic E-state index is 0.0809. The lowest BCUT2D eigenvalue weighted by molar-refractivity contribution is -0.384. The fourth-order valence-corrected chi connectivity index (χ4v) is 5.16. The topological polar surface area (TPSA) is 68.0 Å². The highest BCUT2D eigenvalue weighted by atomic mass is 16.7. The predicted molar refractivity (Wildman–Crippen MR) is 83.7 cm³/mol. The molecule has 6 heteroatoms. The van der Waals surface area contributed by atoms with E-state index in [2.05, 4.69) is 5.06 Å². The second-order valence-electron chi connectivity index (χ2n) is 7.43. The summed E-state index contributed by atoms with van der Waals surface area (Å²) < 4.78 is 0. The molecular weight excluding hydrogens is 294 g/mol. The number of aliphatic imine (C=N–C) groups is 1. The van der Waals surface area contributed by atoms with Crippen LogP contribution in [0.5, 0.6) is 0 Å². The zero-order valence-corrected chi connectivity index (χ0v) is 12.8. The Hall–Kier alpha value is -1.95. The number of hydroxylamine groups is 2. The molecule has 3 aliphatic heterocycles. The van der Waals surface area contributed by atoms with Gasteiger partial charge in [0.1, 0.15) is 6.17 Å². The maximum Gasteiger partial charge on any atom is 0.270 e. The van der Waals surface area contributed by atoms with E-state index < -0.39 is 0 Å². The first-order chi connectivity index (χ1) is 11.2. The molecule has 2 aliphatic carbocycles. The fraction of sp³-hybridized carbons (Fsp3) is 0.588. The Bertz CT molecular complexity index is 690. The minimum atomic E-state index is -0.375. The molecule has 0 aromatic heterocycles. The van der Waals surface area contributed by atoms with Gasteiger partial charge in [-0.15, -0.1) is 5.06 Å². The normalized spacial score (nSPS) is 37.9. The molecule has 120 valence electrons. The highest BCUT2D eigenvalue weighted by Gasteiger charge is 2.51. The Morgan fingerprint density at radius 3 is 2.70 bits per heavy atom. The number of nitro groups is 1. The van der Waals surface area contributed by atoms with Gasteiger partial charge in [-0.2, -0.15) is 0 Å². The molecule has 5 aliphatic rings. The third-order valence-electron chi connectivity index (χ3n) is 5.94. The summed E-state index contributed by atoms with van der Waals surface area (Å²) in [7, 11) is 0. The molecular formula is C17H19N3O3. The standard InChI is InChI=1S/C17H19N3O3/c21-20(22)14-3-1-2-12(9-14)17-18-16-13-5-10-4-11(6-13)8-15(7-10)19(16)23-17/h1-3,9-11,13,15-16H,4-8H2/t10-,11+,13?,15?,16?. The number of benzene rings is 1. The molecule has 0 radical (unpaired) electrons. The summed E-state index contributed by atoms with van der Waals surface area (Å²) in [6.07, 6.45) is 6.41. The first kappa shape index (κ1) is 13.5. The van der Waals surface area contributed by atoms with Crippen LogP contribution in [0.3, 0.4) is 0 Å². The SMILES string of the molecule is O=[N+]([O-])c1cccc(C2=NC3C4C[C@@H]5CC(C[C@H](C4)C5)N3O2)c1. The quantitative estimate of drug-likeness (QED) is 0.621. The van der Waals surface area contributed by atoms with Crippen molar-refractivity contribution in [1.29, 1.82) is 0 Å². The van der Waals surface area contributed by atoms with E-state index in [-0.39, 0.29) is 16.8 Å². The minimum Gasteiger partial charge on any atom is -0.383 e. The van der Waals surface area contributed by atoms with Crippen molar-refractivity contribution in [2.45, 2.75) is 44.3 Å². The van der Waals surface area contributed by atoms with E-state index in [0.717, 1.165) is 11.8 Å². The van der Waals surface area contributed by atoms with Gasteiger partial charge in [0.2, 0.25) is 5.90 Å². The van der Waals surface area contributed by atoms with Crippen LogP contribution >= 0.6 is 0 Å². The molecule has 23 heavy (non-hydrogen) atoms.